The fraction of sp³-hybridized carbons (Fsp3) is 0.667. The fourth-order valence-electron chi connectivity index (χ4n) is 12.2. The van der Waals surface area contributed by atoms with Gasteiger partial charge in [0.1, 0.15) is 35.2 Å². The topological polar surface area (TPSA) is 71.1 Å². The Hall–Kier alpha value is -3.97. The normalized spacial score (nSPS) is 14.9. The molecule has 0 amide bonds. The van der Waals surface area contributed by atoms with Crippen LogP contribution in [0, 0.1) is 23.7 Å². The van der Waals surface area contributed by atoms with Crippen LogP contribution in [0.5, 0.6) is 23.0 Å². The molecule has 0 N–H and O–H groups in total. The van der Waals surface area contributed by atoms with Crippen molar-refractivity contribution in [2.24, 2.45) is 23.7 Å². The quantitative estimate of drug-likeness (QED) is 0.0410. The number of unbranched alkanes of at least 4 members (excludes halogenated alkanes) is 16. The summed E-state index contributed by atoms with van der Waals surface area (Å²) in [7, 11) is -3.64. The smallest absolute Gasteiger partial charge is 0.157 e. The van der Waals surface area contributed by atoms with Crippen molar-refractivity contribution >= 4 is 9.84 Å². The molecule has 0 bridgehead atoms. The van der Waals surface area contributed by atoms with E-state index >= 15 is 8.42 Å². The molecule has 8 unspecified atom stereocenters. The molecule has 0 aliphatic heterocycles. The predicted octanol–water partition coefficient (Wildman–Crippen LogP) is 21.3. The standard InChI is InChI=1S/C72H114O6S/c1-7-11-15-19-27-39-63(53-51-61(5)75-67-43-31-23-32-44-67)65(41-29-21-17-13-9-3)55-57-71(77-69-47-35-25-36-48-69)59-79(73,74)60-72(78-70-49-37-26-38-50-70)58-56-66(42-30-22-18-14-10-4)64(40-28-20-16-12-8-2)54-52-62(6)76-68-45-33-24-34-46-68/h23-26,31-38,43-50,61-66,71-72H,7-22,27-30,39-42,51-60H2,1-6H3. The zero-order valence-electron chi connectivity index (χ0n) is 51.1. The first-order valence-electron chi connectivity index (χ1n) is 32.7. The highest BCUT2D eigenvalue weighted by molar-refractivity contribution is 7.91. The lowest BCUT2D eigenvalue weighted by atomic mass is 9.78. The first kappa shape index (κ1) is 67.5. The minimum absolute atomic E-state index is 0.0239. The molecule has 0 heterocycles. The van der Waals surface area contributed by atoms with Crippen molar-refractivity contribution in [3.05, 3.63) is 121 Å². The summed E-state index contributed by atoms with van der Waals surface area (Å²) in [6.07, 6.45) is 36.8. The van der Waals surface area contributed by atoms with Crippen LogP contribution in [0.1, 0.15) is 247 Å². The molecule has 0 spiro atoms. The molecule has 0 fully saturated rings. The van der Waals surface area contributed by atoms with E-state index in [0.717, 1.165) is 61.5 Å². The largest absolute Gasteiger partial charge is 0.491 e. The van der Waals surface area contributed by atoms with Gasteiger partial charge in [0.05, 0.1) is 23.7 Å². The maximum atomic E-state index is 15.1. The highest BCUT2D eigenvalue weighted by atomic mass is 32.2. The number of ether oxygens (including phenoxy) is 4. The van der Waals surface area contributed by atoms with Crippen LogP contribution < -0.4 is 18.9 Å². The maximum absolute atomic E-state index is 15.1. The molecule has 4 aromatic rings. The summed E-state index contributed by atoms with van der Waals surface area (Å²) in [5.74, 6) is 5.36. The van der Waals surface area contributed by atoms with E-state index in [1.54, 1.807) is 0 Å². The molecule has 0 saturated carbocycles. The molecule has 8 atom stereocenters. The van der Waals surface area contributed by atoms with E-state index in [9.17, 15) is 0 Å². The van der Waals surface area contributed by atoms with Gasteiger partial charge in [-0.3, -0.25) is 0 Å². The summed E-state index contributed by atoms with van der Waals surface area (Å²) >= 11 is 0. The number of hydrogen-bond donors (Lipinski definition) is 0. The summed E-state index contributed by atoms with van der Waals surface area (Å²) in [5.41, 5.74) is 0. The molecular formula is C72H114O6S. The Balaban J connectivity index is 1.60. The molecule has 0 aromatic heterocycles. The molecule has 0 aliphatic rings. The molecule has 444 valence electrons. The van der Waals surface area contributed by atoms with Gasteiger partial charge < -0.3 is 18.9 Å². The van der Waals surface area contributed by atoms with E-state index in [1.807, 2.05) is 97.1 Å². The number of sulfone groups is 1. The Labute approximate surface area is 485 Å². The zero-order chi connectivity index (χ0) is 56.4. The minimum atomic E-state index is -3.64. The highest BCUT2D eigenvalue weighted by Gasteiger charge is 2.31. The van der Waals surface area contributed by atoms with Crippen molar-refractivity contribution < 1.29 is 27.4 Å². The molecule has 4 aromatic carbocycles. The van der Waals surface area contributed by atoms with Crippen LogP contribution in [0.2, 0.25) is 0 Å². The minimum Gasteiger partial charge on any atom is -0.491 e. The van der Waals surface area contributed by atoms with Crippen molar-refractivity contribution in [3.63, 3.8) is 0 Å². The van der Waals surface area contributed by atoms with Crippen LogP contribution in [-0.2, 0) is 9.84 Å². The first-order chi connectivity index (χ1) is 38.6. The van der Waals surface area contributed by atoms with Crippen molar-refractivity contribution in [1.29, 1.82) is 0 Å². The molecular weight excluding hydrogens is 993 g/mol. The Morgan fingerprint density at radius 1 is 0.291 bits per heavy atom. The van der Waals surface area contributed by atoms with Crippen molar-refractivity contribution in [3.8, 4) is 23.0 Å². The predicted molar refractivity (Wildman–Crippen MR) is 338 cm³/mol. The van der Waals surface area contributed by atoms with Crippen LogP contribution in [0.25, 0.3) is 0 Å². The molecule has 4 rings (SSSR count). The summed E-state index contributed by atoms with van der Waals surface area (Å²) in [4.78, 5) is 0. The molecule has 7 heteroatoms. The van der Waals surface area contributed by atoms with Gasteiger partial charge in [-0.05, 0) is 137 Å². The van der Waals surface area contributed by atoms with Crippen LogP contribution in [0.3, 0.4) is 0 Å². The second-order valence-corrected chi connectivity index (χ2v) is 26.0. The SMILES string of the molecule is CCCCCCCC(CCC(C)Oc1ccccc1)C(CCCCCCC)CCC(CS(=O)(=O)CC(CCC(CCCCCCC)C(CCCCCCC)CCC(C)Oc1ccccc1)Oc1ccccc1)Oc1ccccc1. The number of para-hydroxylation sites is 4. The first-order valence-corrected chi connectivity index (χ1v) is 34.5. The Kier molecular flexibility index (Phi) is 36.6. The zero-order valence-corrected chi connectivity index (χ0v) is 51.9. The van der Waals surface area contributed by atoms with Gasteiger partial charge in [-0.25, -0.2) is 8.42 Å². The molecule has 79 heavy (non-hydrogen) atoms. The average molecular weight is 1110 g/mol. The Morgan fingerprint density at radius 3 is 0.797 bits per heavy atom. The van der Waals surface area contributed by atoms with Crippen LogP contribution >= 0.6 is 0 Å². The van der Waals surface area contributed by atoms with E-state index in [4.69, 9.17) is 18.9 Å². The molecule has 0 radical (unpaired) electrons. The third-order valence-corrected chi connectivity index (χ3v) is 18.5. The van der Waals surface area contributed by atoms with Gasteiger partial charge in [-0.2, -0.15) is 0 Å². The van der Waals surface area contributed by atoms with Crippen LogP contribution in [-0.4, -0.2) is 44.3 Å². The molecule has 6 nitrogen and oxygen atoms in total. The van der Waals surface area contributed by atoms with Gasteiger partial charge >= 0.3 is 0 Å². The lowest BCUT2D eigenvalue weighted by molar-refractivity contribution is 0.153. The average Bonchev–Trinajstić information content (AvgIpc) is 3.45. The second kappa shape index (κ2) is 42.8. The maximum Gasteiger partial charge on any atom is 0.157 e. The van der Waals surface area contributed by atoms with Crippen LogP contribution in [0.15, 0.2) is 121 Å². The van der Waals surface area contributed by atoms with E-state index in [-0.39, 0.29) is 23.7 Å². The summed E-state index contributed by atoms with van der Waals surface area (Å²) in [6, 6.07) is 40.4. The molecule has 0 aliphatic carbocycles. The monoisotopic (exact) mass is 1110 g/mol. The lowest BCUT2D eigenvalue weighted by Crippen LogP contribution is -2.35. The van der Waals surface area contributed by atoms with Gasteiger partial charge in [0.2, 0.25) is 0 Å². The molecule has 0 saturated heterocycles. The van der Waals surface area contributed by atoms with Crippen LogP contribution in [0.4, 0.5) is 0 Å². The Bertz CT molecular complexity index is 1960. The van der Waals surface area contributed by atoms with Crippen molar-refractivity contribution in [2.75, 3.05) is 11.5 Å². The van der Waals surface area contributed by atoms with E-state index < -0.39 is 22.0 Å². The van der Waals surface area contributed by atoms with Gasteiger partial charge in [0.15, 0.2) is 9.84 Å². The fourth-order valence-corrected chi connectivity index (χ4v) is 13.9. The third-order valence-electron chi connectivity index (χ3n) is 16.8. The van der Waals surface area contributed by atoms with Gasteiger partial charge in [0, 0.05) is 0 Å². The summed E-state index contributed by atoms with van der Waals surface area (Å²) < 4.78 is 56.7. The van der Waals surface area contributed by atoms with Gasteiger partial charge in [-0.1, -0.05) is 255 Å². The van der Waals surface area contributed by atoms with Crippen molar-refractivity contribution in [1.82, 2.24) is 0 Å². The summed E-state index contributed by atoms with van der Waals surface area (Å²) in [5, 5.41) is 0. The van der Waals surface area contributed by atoms with E-state index in [0.29, 0.717) is 36.5 Å². The summed E-state index contributed by atoms with van der Waals surface area (Å²) in [6.45, 7) is 13.6. The van der Waals surface area contributed by atoms with Crippen molar-refractivity contribution in [2.45, 2.75) is 271 Å². The number of hydrogen-bond acceptors (Lipinski definition) is 6. The third kappa shape index (κ3) is 31.7. The lowest BCUT2D eigenvalue weighted by Gasteiger charge is -2.31. The highest BCUT2D eigenvalue weighted by Crippen LogP contribution is 2.37. The van der Waals surface area contributed by atoms with E-state index in [1.165, 1.54) is 154 Å². The number of benzene rings is 4. The van der Waals surface area contributed by atoms with Gasteiger partial charge in [0.25, 0.3) is 0 Å². The Morgan fingerprint density at radius 2 is 0.532 bits per heavy atom. The van der Waals surface area contributed by atoms with E-state index in [2.05, 4.69) is 65.8 Å². The number of rotatable bonds is 50. The van der Waals surface area contributed by atoms with Gasteiger partial charge in [-0.15, -0.1) is 0 Å². The second-order valence-electron chi connectivity index (χ2n) is 23.8.